The van der Waals surface area contributed by atoms with Gasteiger partial charge in [0.2, 0.25) is 0 Å². The van der Waals surface area contributed by atoms with Gasteiger partial charge in [0.05, 0.1) is 14.2 Å². The number of aryl methyl sites for hydroxylation is 1. The molecule has 0 saturated carbocycles. The van der Waals surface area contributed by atoms with Gasteiger partial charge in [-0.15, -0.1) is 0 Å². The van der Waals surface area contributed by atoms with E-state index in [1.165, 1.54) is 0 Å². The Bertz CT molecular complexity index is 243. The molecule has 1 aromatic carbocycles. The molecule has 1 rings (SSSR count). The topological polar surface area (TPSA) is 18.5 Å². The summed E-state index contributed by atoms with van der Waals surface area (Å²) in [6.45, 7) is 1.98. The first-order valence-corrected chi connectivity index (χ1v) is 3.38. The van der Waals surface area contributed by atoms with Crippen LogP contribution < -0.4 is 9.47 Å². The molecule has 0 saturated heterocycles. The molecule has 0 aliphatic heterocycles. The fourth-order valence-electron chi connectivity index (χ4n) is 0.876. The average molecular weight is 151 g/mol. The van der Waals surface area contributed by atoms with E-state index in [0.29, 0.717) is 5.75 Å². The van der Waals surface area contributed by atoms with Crippen LogP contribution in [0.1, 0.15) is 5.56 Å². The normalized spacial score (nSPS) is 9.36. The number of rotatable bonds is 2. The molecular formula is C9H11O2. The SMILES string of the molecule is COc1[c]cc(C)cc1OC. The molecule has 0 N–H and O–H groups in total. The van der Waals surface area contributed by atoms with E-state index in [0.717, 1.165) is 11.3 Å². The molecule has 11 heavy (non-hydrogen) atoms. The first kappa shape index (κ1) is 7.92. The lowest BCUT2D eigenvalue weighted by molar-refractivity contribution is 0.354. The van der Waals surface area contributed by atoms with Crippen molar-refractivity contribution in [3.63, 3.8) is 0 Å². The Morgan fingerprint density at radius 1 is 1.27 bits per heavy atom. The molecule has 0 aromatic heterocycles. The van der Waals surface area contributed by atoms with Crippen molar-refractivity contribution in [3.8, 4) is 11.5 Å². The largest absolute Gasteiger partial charge is 0.493 e. The summed E-state index contributed by atoms with van der Waals surface area (Å²) in [5.74, 6) is 1.38. The third-order valence-corrected chi connectivity index (χ3v) is 1.44. The zero-order chi connectivity index (χ0) is 8.27. The van der Waals surface area contributed by atoms with Crippen LogP contribution in [0.15, 0.2) is 12.1 Å². The van der Waals surface area contributed by atoms with Crippen molar-refractivity contribution in [1.82, 2.24) is 0 Å². The standard InChI is InChI=1S/C9H11O2/c1-7-4-5-8(10-2)9(6-7)11-3/h4,6H,1-3H3. The van der Waals surface area contributed by atoms with Crippen LogP contribution in [0.25, 0.3) is 0 Å². The van der Waals surface area contributed by atoms with Gasteiger partial charge in [0, 0.05) is 6.07 Å². The predicted molar refractivity (Wildman–Crippen MR) is 43.1 cm³/mol. The van der Waals surface area contributed by atoms with Crippen LogP contribution in [-0.4, -0.2) is 14.2 Å². The van der Waals surface area contributed by atoms with E-state index >= 15 is 0 Å². The Morgan fingerprint density at radius 3 is 2.55 bits per heavy atom. The predicted octanol–water partition coefficient (Wildman–Crippen LogP) is 1.81. The highest BCUT2D eigenvalue weighted by molar-refractivity contribution is 5.41. The maximum atomic E-state index is 5.06. The zero-order valence-electron chi connectivity index (χ0n) is 6.97. The fourth-order valence-corrected chi connectivity index (χ4v) is 0.876. The molecule has 2 heteroatoms. The Morgan fingerprint density at radius 2 is 2.00 bits per heavy atom. The van der Waals surface area contributed by atoms with Gasteiger partial charge in [0.25, 0.3) is 0 Å². The Hall–Kier alpha value is -1.18. The van der Waals surface area contributed by atoms with E-state index < -0.39 is 0 Å². The van der Waals surface area contributed by atoms with Crippen LogP contribution in [0.3, 0.4) is 0 Å². The van der Waals surface area contributed by atoms with Gasteiger partial charge < -0.3 is 9.47 Å². The maximum absolute atomic E-state index is 5.06. The van der Waals surface area contributed by atoms with Crippen LogP contribution >= 0.6 is 0 Å². The fraction of sp³-hybridized carbons (Fsp3) is 0.333. The smallest absolute Gasteiger partial charge is 0.168 e. The molecule has 1 aromatic rings. The molecule has 0 heterocycles. The second-order valence-corrected chi connectivity index (χ2v) is 2.28. The van der Waals surface area contributed by atoms with Crippen molar-refractivity contribution < 1.29 is 9.47 Å². The van der Waals surface area contributed by atoms with Gasteiger partial charge in [0.1, 0.15) is 0 Å². The first-order chi connectivity index (χ1) is 5.27. The van der Waals surface area contributed by atoms with Crippen LogP contribution in [0.4, 0.5) is 0 Å². The molecule has 0 aliphatic carbocycles. The molecular weight excluding hydrogens is 140 g/mol. The first-order valence-electron chi connectivity index (χ1n) is 3.38. The summed E-state index contributed by atoms with van der Waals surface area (Å²) in [5.41, 5.74) is 1.11. The van der Waals surface area contributed by atoms with Crippen molar-refractivity contribution in [2.75, 3.05) is 14.2 Å². The molecule has 0 spiro atoms. The third kappa shape index (κ3) is 1.64. The summed E-state index contributed by atoms with van der Waals surface area (Å²) in [4.78, 5) is 0. The Balaban J connectivity index is 3.06. The van der Waals surface area contributed by atoms with Gasteiger partial charge in [-0.05, 0) is 24.6 Å². The van der Waals surface area contributed by atoms with Gasteiger partial charge >= 0.3 is 0 Å². The number of hydrogen-bond acceptors (Lipinski definition) is 2. The third-order valence-electron chi connectivity index (χ3n) is 1.44. The summed E-state index contributed by atoms with van der Waals surface area (Å²) in [7, 11) is 3.22. The molecule has 0 fully saturated rings. The number of ether oxygens (including phenoxy) is 2. The lowest BCUT2D eigenvalue weighted by atomic mass is 10.2. The van der Waals surface area contributed by atoms with Crippen molar-refractivity contribution in [2.45, 2.75) is 6.92 Å². The molecule has 0 unspecified atom stereocenters. The minimum absolute atomic E-state index is 0.651. The molecule has 0 bridgehead atoms. The zero-order valence-corrected chi connectivity index (χ0v) is 6.97. The molecule has 0 amide bonds. The highest BCUT2D eigenvalue weighted by atomic mass is 16.5. The summed E-state index contributed by atoms with van der Waals surface area (Å²) >= 11 is 0. The molecule has 0 atom stereocenters. The summed E-state index contributed by atoms with van der Waals surface area (Å²) in [5, 5.41) is 0. The van der Waals surface area contributed by atoms with Gasteiger partial charge in [-0.2, -0.15) is 0 Å². The van der Waals surface area contributed by atoms with Crippen LogP contribution in [0.5, 0.6) is 11.5 Å². The van der Waals surface area contributed by atoms with Gasteiger partial charge in [0.15, 0.2) is 11.5 Å². The van der Waals surface area contributed by atoms with E-state index in [1.807, 2.05) is 19.1 Å². The van der Waals surface area contributed by atoms with E-state index in [1.54, 1.807) is 14.2 Å². The summed E-state index contributed by atoms with van der Waals surface area (Å²) in [6, 6.07) is 6.73. The summed E-state index contributed by atoms with van der Waals surface area (Å²) < 4.78 is 10.1. The second kappa shape index (κ2) is 3.28. The number of methoxy groups -OCH3 is 2. The average Bonchev–Trinajstić information content (AvgIpc) is 2.04. The molecule has 59 valence electrons. The monoisotopic (exact) mass is 151 g/mol. The number of benzene rings is 1. The van der Waals surface area contributed by atoms with Gasteiger partial charge in [-0.3, -0.25) is 0 Å². The minimum Gasteiger partial charge on any atom is -0.493 e. The molecule has 0 aliphatic rings. The second-order valence-electron chi connectivity index (χ2n) is 2.28. The molecule has 2 nitrogen and oxygen atoms in total. The van der Waals surface area contributed by atoms with Crippen LogP contribution in [-0.2, 0) is 0 Å². The van der Waals surface area contributed by atoms with Crippen LogP contribution in [0.2, 0.25) is 0 Å². The Labute approximate surface area is 66.8 Å². The van der Waals surface area contributed by atoms with Crippen molar-refractivity contribution in [1.29, 1.82) is 0 Å². The minimum atomic E-state index is 0.651. The van der Waals surface area contributed by atoms with Crippen LogP contribution in [0, 0.1) is 13.0 Å². The van der Waals surface area contributed by atoms with E-state index in [9.17, 15) is 0 Å². The van der Waals surface area contributed by atoms with Crippen molar-refractivity contribution in [3.05, 3.63) is 23.8 Å². The highest BCUT2D eigenvalue weighted by Crippen LogP contribution is 2.26. The van der Waals surface area contributed by atoms with Crippen molar-refractivity contribution >= 4 is 0 Å². The van der Waals surface area contributed by atoms with Gasteiger partial charge in [-0.25, -0.2) is 0 Å². The number of hydrogen-bond donors (Lipinski definition) is 0. The van der Waals surface area contributed by atoms with Gasteiger partial charge in [-0.1, -0.05) is 0 Å². The van der Waals surface area contributed by atoms with E-state index in [4.69, 9.17) is 9.47 Å². The van der Waals surface area contributed by atoms with Crippen molar-refractivity contribution in [2.24, 2.45) is 0 Å². The van der Waals surface area contributed by atoms with E-state index in [-0.39, 0.29) is 0 Å². The lowest BCUT2D eigenvalue weighted by Crippen LogP contribution is -1.90. The molecule has 1 radical (unpaired) electrons. The Kier molecular flexibility index (Phi) is 2.36. The lowest BCUT2D eigenvalue weighted by Gasteiger charge is -2.06. The quantitative estimate of drug-likeness (QED) is 0.641. The highest BCUT2D eigenvalue weighted by Gasteiger charge is 2.01. The maximum Gasteiger partial charge on any atom is 0.168 e. The van der Waals surface area contributed by atoms with E-state index in [2.05, 4.69) is 6.07 Å². The summed E-state index contributed by atoms with van der Waals surface area (Å²) in [6.07, 6.45) is 0.